The number of phenols is 1. The highest BCUT2D eigenvalue weighted by atomic mass is 35.5. The summed E-state index contributed by atoms with van der Waals surface area (Å²) in [5.41, 5.74) is 0.159. The molecule has 0 saturated carbocycles. The molecule has 0 bridgehead atoms. The molecule has 1 saturated heterocycles. The highest BCUT2D eigenvalue weighted by molar-refractivity contribution is 6.39. The van der Waals surface area contributed by atoms with E-state index in [1.165, 1.54) is 24.3 Å². The molecule has 8 heteroatoms. The van der Waals surface area contributed by atoms with Gasteiger partial charge >= 0.3 is 6.03 Å². The number of benzene rings is 2. The van der Waals surface area contributed by atoms with E-state index in [1.807, 2.05) is 6.92 Å². The molecule has 144 valence electrons. The van der Waals surface area contributed by atoms with Crippen LogP contribution in [0.5, 0.6) is 11.5 Å². The molecule has 0 unspecified atom stereocenters. The highest BCUT2D eigenvalue weighted by Gasteiger charge is 2.36. The molecule has 4 amide bonds. The van der Waals surface area contributed by atoms with Gasteiger partial charge in [0.1, 0.15) is 17.1 Å². The fourth-order valence-electron chi connectivity index (χ4n) is 2.60. The summed E-state index contributed by atoms with van der Waals surface area (Å²) >= 11 is 5.90. The summed E-state index contributed by atoms with van der Waals surface area (Å²) in [6.07, 6.45) is 2.04. The lowest BCUT2D eigenvalue weighted by Gasteiger charge is -2.26. The van der Waals surface area contributed by atoms with Crippen LogP contribution in [0, 0.1) is 0 Å². The molecule has 7 nitrogen and oxygen atoms in total. The number of hydrogen-bond donors (Lipinski definition) is 2. The fraction of sp³-hybridized carbons (Fsp3) is 0.150. The van der Waals surface area contributed by atoms with Crippen LogP contribution in [0.3, 0.4) is 0 Å². The Morgan fingerprint density at radius 3 is 2.54 bits per heavy atom. The number of rotatable bonds is 5. The Hall–Kier alpha value is -3.32. The summed E-state index contributed by atoms with van der Waals surface area (Å²) < 4.78 is 5.48. The van der Waals surface area contributed by atoms with Gasteiger partial charge in [0, 0.05) is 10.6 Å². The molecule has 0 radical (unpaired) electrons. The van der Waals surface area contributed by atoms with Crippen molar-refractivity contribution in [1.82, 2.24) is 5.32 Å². The van der Waals surface area contributed by atoms with Gasteiger partial charge < -0.3 is 9.84 Å². The van der Waals surface area contributed by atoms with Crippen LogP contribution in [-0.2, 0) is 9.59 Å². The Kier molecular flexibility index (Phi) is 5.65. The van der Waals surface area contributed by atoms with Crippen LogP contribution >= 0.6 is 11.6 Å². The first-order valence-corrected chi connectivity index (χ1v) is 8.91. The maximum absolute atomic E-state index is 12.8. The molecule has 2 aromatic rings. The second-order valence-corrected chi connectivity index (χ2v) is 6.44. The topological polar surface area (TPSA) is 95.9 Å². The number of urea groups is 1. The summed E-state index contributed by atoms with van der Waals surface area (Å²) in [6, 6.07) is 9.73. The minimum absolute atomic E-state index is 0.154. The predicted molar refractivity (Wildman–Crippen MR) is 104 cm³/mol. The van der Waals surface area contributed by atoms with E-state index in [0.717, 1.165) is 11.3 Å². The molecule has 3 rings (SSSR count). The quantitative estimate of drug-likeness (QED) is 0.591. The number of carbonyl (C=O) groups excluding carboxylic acids is 3. The van der Waals surface area contributed by atoms with E-state index in [0.29, 0.717) is 17.4 Å². The average Bonchev–Trinajstić information content (AvgIpc) is 2.67. The molecule has 0 spiro atoms. The molecule has 1 aliphatic rings. The standard InChI is InChI=1S/C20H17ClN2O5/c1-2-9-28-15-6-4-14(5-7-15)23-19(26)16(18(25)22-20(23)27)11-12-10-13(21)3-8-17(12)24/h3-8,10-11,24H,2,9H2,1H3,(H,22,25,27)/b16-11-. The molecule has 0 aliphatic carbocycles. The van der Waals surface area contributed by atoms with Crippen LogP contribution in [0.4, 0.5) is 10.5 Å². The first-order valence-electron chi connectivity index (χ1n) is 8.53. The third kappa shape index (κ3) is 3.99. The van der Waals surface area contributed by atoms with Gasteiger partial charge in [0.15, 0.2) is 0 Å². The summed E-state index contributed by atoms with van der Waals surface area (Å²) in [5, 5.41) is 12.4. The summed E-state index contributed by atoms with van der Waals surface area (Å²) in [5.74, 6) is -1.21. The van der Waals surface area contributed by atoms with Gasteiger partial charge in [-0.15, -0.1) is 0 Å². The van der Waals surface area contributed by atoms with Gasteiger partial charge in [-0.25, -0.2) is 9.69 Å². The Bertz CT molecular complexity index is 969. The number of ether oxygens (including phenoxy) is 1. The first-order chi connectivity index (χ1) is 13.4. The molecule has 1 heterocycles. The summed E-state index contributed by atoms with van der Waals surface area (Å²) in [6.45, 7) is 2.53. The number of barbiturate groups is 1. The lowest BCUT2D eigenvalue weighted by Crippen LogP contribution is -2.54. The fourth-order valence-corrected chi connectivity index (χ4v) is 2.78. The van der Waals surface area contributed by atoms with E-state index in [1.54, 1.807) is 24.3 Å². The van der Waals surface area contributed by atoms with Crippen LogP contribution in [0.2, 0.25) is 5.02 Å². The van der Waals surface area contributed by atoms with Gasteiger partial charge in [-0.05, 0) is 55.0 Å². The Balaban J connectivity index is 1.94. The second-order valence-electron chi connectivity index (χ2n) is 6.00. The summed E-state index contributed by atoms with van der Waals surface area (Å²) in [7, 11) is 0. The third-order valence-corrected chi connectivity index (χ3v) is 4.19. The van der Waals surface area contributed by atoms with Crippen LogP contribution < -0.4 is 15.0 Å². The minimum Gasteiger partial charge on any atom is -0.507 e. The number of aromatic hydroxyl groups is 1. The molecule has 0 aromatic heterocycles. The van der Waals surface area contributed by atoms with Crippen molar-refractivity contribution in [3.63, 3.8) is 0 Å². The number of imide groups is 2. The number of carbonyl (C=O) groups is 3. The van der Waals surface area contributed by atoms with Gasteiger partial charge in [-0.1, -0.05) is 18.5 Å². The lowest BCUT2D eigenvalue weighted by atomic mass is 10.1. The van der Waals surface area contributed by atoms with E-state index < -0.39 is 17.8 Å². The van der Waals surface area contributed by atoms with E-state index in [9.17, 15) is 19.5 Å². The van der Waals surface area contributed by atoms with Crippen molar-refractivity contribution in [3.8, 4) is 11.5 Å². The molecule has 1 fully saturated rings. The number of halogens is 1. The second kappa shape index (κ2) is 8.14. The number of phenolic OH excluding ortho intramolecular Hbond substituents is 1. The van der Waals surface area contributed by atoms with Crippen molar-refractivity contribution in [2.75, 3.05) is 11.5 Å². The van der Waals surface area contributed by atoms with Crippen LogP contribution in [0.1, 0.15) is 18.9 Å². The Morgan fingerprint density at radius 2 is 1.86 bits per heavy atom. The maximum Gasteiger partial charge on any atom is 0.335 e. The maximum atomic E-state index is 12.8. The van der Waals surface area contributed by atoms with E-state index in [2.05, 4.69) is 5.32 Å². The molecule has 0 atom stereocenters. The number of anilines is 1. The van der Waals surface area contributed by atoms with E-state index in [4.69, 9.17) is 16.3 Å². The molecule has 28 heavy (non-hydrogen) atoms. The van der Waals surface area contributed by atoms with Crippen molar-refractivity contribution < 1.29 is 24.2 Å². The summed E-state index contributed by atoms with van der Waals surface area (Å²) in [4.78, 5) is 38.1. The zero-order chi connectivity index (χ0) is 20.3. The van der Waals surface area contributed by atoms with Crippen LogP contribution in [0.15, 0.2) is 48.0 Å². The third-order valence-electron chi connectivity index (χ3n) is 3.96. The predicted octanol–water partition coefficient (Wildman–Crippen LogP) is 3.50. The Morgan fingerprint density at radius 1 is 1.14 bits per heavy atom. The molecule has 2 aromatic carbocycles. The first kappa shape index (κ1) is 19.4. The number of nitrogens with zero attached hydrogens (tertiary/aromatic N) is 1. The van der Waals surface area contributed by atoms with Crippen molar-refractivity contribution in [1.29, 1.82) is 0 Å². The van der Waals surface area contributed by atoms with Gasteiger partial charge in [0.25, 0.3) is 11.8 Å². The van der Waals surface area contributed by atoms with Gasteiger partial charge in [-0.3, -0.25) is 14.9 Å². The average molecular weight is 401 g/mol. The lowest BCUT2D eigenvalue weighted by molar-refractivity contribution is -0.122. The van der Waals surface area contributed by atoms with Gasteiger partial charge in [0.2, 0.25) is 0 Å². The normalized spacial score (nSPS) is 15.7. The van der Waals surface area contributed by atoms with E-state index >= 15 is 0 Å². The van der Waals surface area contributed by atoms with Crippen molar-refractivity contribution in [3.05, 3.63) is 58.6 Å². The largest absolute Gasteiger partial charge is 0.507 e. The highest BCUT2D eigenvalue weighted by Crippen LogP contribution is 2.27. The number of hydrogen-bond acceptors (Lipinski definition) is 5. The minimum atomic E-state index is -0.857. The van der Waals surface area contributed by atoms with Gasteiger partial charge in [-0.2, -0.15) is 0 Å². The smallest absolute Gasteiger partial charge is 0.335 e. The molecular formula is C20H17ClN2O5. The van der Waals surface area contributed by atoms with Crippen molar-refractivity contribution in [2.45, 2.75) is 13.3 Å². The van der Waals surface area contributed by atoms with Gasteiger partial charge in [0.05, 0.1) is 12.3 Å². The zero-order valence-corrected chi connectivity index (χ0v) is 15.7. The SMILES string of the molecule is CCCOc1ccc(N2C(=O)NC(=O)/C(=C/c3cc(Cl)ccc3O)C2=O)cc1. The Labute approximate surface area is 166 Å². The number of nitrogens with one attached hydrogen (secondary N) is 1. The molecule has 2 N–H and O–H groups in total. The molecule has 1 aliphatic heterocycles. The van der Waals surface area contributed by atoms with Crippen LogP contribution in [-0.4, -0.2) is 29.6 Å². The molecular weight excluding hydrogens is 384 g/mol. The van der Waals surface area contributed by atoms with Crippen LogP contribution in [0.25, 0.3) is 6.08 Å². The zero-order valence-electron chi connectivity index (χ0n) is 14.9. The monoisotopic (exact) mass is 400 g/mol. The van der Waals surface area contributed by atoms with E-state index in [-0.39, 0.29) is 22.6 Å². The van der Waals surface area contributed by atoms with Crippen molar-refractivity contribution in [2.24, 2.45) is 0 Å². The van der Waals surface area contributed by atoms with Crippen molar-refractivity contribution >= 4 is 41.2 Å². The number of amides is 4.